The van der Waals surface area contributed by atoms with E-state index in [1.54, 1.807) is 30.3 Å². The van der Waals surface area contributed by atoms with Crippen LogP contribution >= 0.6 is 15.9 Å². The Hall–Kier alpha value is -4.70. The number of carbonyl (C=O) groups is 1. The van der Waals surface area contributed by atoms with Gasteiger partial charge in [-0.1, -0.05) is 34.1 Å². The molecule has 0 radical (unpaired) electrons. The molecule has 10 heteroatoms. The van der Waals surface area contributed by atoms with E-state index in [9.17, 15) is 9.59 Å². The Morgan fingerprint density at radius 1 is 1.15 bits per heavy atom. The van der Waals surface area contributed by atoms with Crippen LogP contribution in [0.4, 0.5) is 0 Å². The number of benzene rings is 3. The molecular weight excluding hydrogens is 578 g/mol. The van der Waals surface area contributed by atoms with Gasteiger partial charge in [0.15, 0.2) is 23.9 Å². The van der Waals surface area contributed by atoms with Gasteiger partial charge in [0.2, 0.25) is 5.82 Å². The summed E-state index contributed by atoms with van der Waals surface area (Å²) >= 11 is 3.48. The zero-order chi connectivity index (χ0) is 28.2. The maximum Gasteiger partial charge on any atom is 0.343 e. The van der Waals surface area contributed by atoms with Crippen molar-refractivity contribution in [2.45, 2.75) is 6.42 Å². The van der Waals surface area contributed by atoms with Gasteiger partial charge in [0.25, 0.3) is 5.56 Å². The molecule has 0 bridgehead atoms. The summed E-state index contributed by atoms with van der Waals surface area (Å²) in [7, 11) is 2.78. The Morgan fingerprint density at radius 2 is 1.98 bits per heavy atom. The van der Waals surface area contributed by atoms with Gasteiger partial charge in [0.05, 0.1) is 31.3 Å². The van der Waals surface area contributed by atoms with Gasteiger partial charge >= 0.3 is 5.97 Å². The minimum Gasteiger partial charge on any atom is -0.493 e. The SMILES string of the molecule is C=CCc1cc(C=Nn2c(-c3cc4cc(Br)ccc4o3)nc3ccccc3c2=O)cc(OC)c1OCC(=O)OC. The highest BCUT2D eigenvalue weighted by Crippen LogP contribution is 2.34. The van der Waals surface area contributed by atoms with Gasteiger partial charge in [-0.25, -0.2) is 9.78 Å². The van der Waals surface area contributed by atoms with Gasteiger partial charge in [-0.2, -0.15) is 9.78 Å². The number of halogens is 1. The number of rotatable bonds is 9. The number of furan rings is 1. The normalized spacial score (nSPS) is 11.3. The van der Waals surface area contributed by atoms with E-state index in [2.05, 4.69) is 32.3 Å². The number of aromatic nitrogens is 2. The van der Waals surface area contributed by atoms with E-state index < -0.39 is 5.97 Å². The summed E-state index contributed by atoms with van der Waals surface area (Å²) in [4.78, 5) is 30.0. The highest BCUT2D eigenvalue weighted by molar-refractivity contribution is 9.10. The molecule has 0 saturated carbocycles. The summed E-state index contributed by atoms with van der Waals surface area (Å²) in [6.07, 6.45) is 3.67. The van der Waals surface area contributed by atoms with Crippen molar-refractivity contribution in [3.05, 3.63) is 99.3 Å². The van der Waals surface area contributed by atoms with E-state index in [4.69, 9.17) is 18.9 Å². The summed E-state index contributed by atoms with van der Waals surface area (Å²) in [6, 6.07) is 18.0. The molecule has 5 rings (SSSR count). The lowest BCUT2D eigenvalue weighted by molar-refractivity contribution is -0.142. The number of allylic oxidation sites excluding steroid dienone is 1. The average molecular weight is 602 g/mol. The fourth-order valence-electron chi connectivity index (χ4n) is 4.21. The van der Waals surface area contributed by atoms with E-state index in [-0.39, 0.29) is 18.0 Å². The Morgan fingerprint density at radius 3 is 2.75 bits per heavy atom. The highest BCUT2D eigenvalue weighted by Gasteiger charge is 2.18. The predicted molar refractivity (Wildman–Crippen MR) is 156 cm³/mol. The Balaban J connectivity index is 1.63. The summed E-state index contributed by atoms with van der Waals surface area (Å²) in [5, 5.41) is 5.80. The number of carbonyl (C=O) groups excluding carboxylic acids is 1. The number of methoxy groups -OCH3 is 2. The second-order valence-corrected chi connectivity index (χ2v) is 9.59. The van der Waals surface area contributed by atoms with Crippen molar-refractivity contribution in [1.82, 2.24) is 9.66 Å². The van der Waals surface area contributed by atoms with Crippen LogP contribution in [0.25, 0.3) is 33.5 Å². The molecule has 0 spiro atoms. The lowest BCUT2D eigenvalue weighted by Gasteiger charge is -2.15. The molecule has 0 atom stereocenters. The molecule has 0 saturated heterocycles. The number of hydrogen-bond donors (Lipinski definition) is 0. The molecule has 0 fully saturated rings. The standard InChI is InChI=1S/C30H24BrN3O6/c1-4-7-19-12-18(13-25(37-2)28(19)39-17-27(35)38-3)16-32-34-29(33-23-9-6-5-8-22(23)30(34)36)26-15-20-14-21(31)10-11-24(20)40-26/h4-6,8-16H,1,7,17H2,2-3H3. The first-order valence-corrected chi connectivity index (χ1v) is 13.0. The van der Waals surface area contributed by atoms with Gasteiger partial charge in [-0.05, 0) is 60.5 Å². The second kappa shape index (κ2) is 11.6. The Labute approximate surface area is 237 Å². The summed E-state index contributed by atoms with van der Waals surface area (Å²) < 4.78 is 24.1. The van der Waals surface area contributed by atoms with Crippen molar-refractivity contribution in [2.75, 3.05) is 20.8 Å². The van der Waals surface area contributed by atoms with Crippen LogP contribution in [0.3, 0.4) is 0 Å². The van der Waals surface area contributed by atoms with E-state index in [1.807, 2.05) is 36.4 Å². The molecular formula is C30H24BrN3O6. The third kappa shape index (κ3) is 5.39. The molecule has 0 amide bonds. The van der Waals surface area contributed by atoms with Crippen molar-refractivity contribution < 1.29 is 23.4 Å². The van der Waals surface area contributed by atoms with Crippen LogP contribution in [-0.4, -0.2) is 42.7 Å². The van der Waals surface area contributed by atoms with E-state index in [1.165, 1.54) is 25.1 Å². The molecule has 5 aromatic rings. The van der Waals surface area contributed by atoms with Crippen molar-refractivity contribution in [2.24, 2.45) is 5.10 Å². The Kier molecular flexibility index (Phi) is 7.79. The molecule has 0 aliphatic carbocycles. The van der Waals surface area contributed by atoms with Gasteiger partial charge in [-0.3, -0.25) is 4.79 Å². The third-order valence-corrected chi connectivity index (χ3v) is 6.57. The maximum absolute atomic E-state index is 13.6. The van der Waals surface area contributed by atoms with Crippen LogP contribution in [0.2, 0.25) is 0 Å². The third-order valence-electron chi connectivity index (χ3n) is 6.08. The highest BCUT2D eigenvalue weighted by atomic mass is 79.9. The predicted octanol–water partition coefficient (Wildman–Crippen LogP) is 5.74. The van der Waals surface area contributed by atoms with Gasteiger partial charge in [0, 0.05) is 15.4 Å². The van der Waals surface area contributed by atoms with Gasteiger partial charge in [0.1, 0.15) is 5.58 Å². The van der Waals surface area contributed by atoms with Gasteiger partial charge in [-0.15, -0.1) is 6.58 Å². The van der Waals surface area contributed by atoms with Crippen molar-refractivity contribution in [1.29, 1.82) is 0 Å². The number of nitrogens with zero attached hydrogens (tertiary/aromatic N) is 3. The fraction of sp³-hybridized carbons (Fsp3) is 0.133. The smallest absolute Gasteiger partial charge is 0.343 e. The first-order chi connectivity index (χ1) is 19.4. The first kappa shape index (κ1) is 26.9. The van der Waals surface area contributed by atoms with Crippen molar-refractivity contribution in [3.63, 3.8) is 0 Å². The molecule has 0 aliphatic heterocycles. The Bertz CT molecular complexity index is 1840. The maximum atomic E-state index is 13.6. The van der Waals surface area contributed by atoms with Crippen LogP contribution in [-0.2, 0) is 16.0 Å². The largest absolute Gasteiger partial charge is 0.493 e. The lowest BCUT2D eigenvalue weighted by Crippen LogP contribution is -2.20. The minimum atomic E-state index is -0.522. The van der Waals surface area contributed by atoms with Crippen LogP contribution in [0.15, 0.2) is 92.1 Å². The molecule has 9 nitrogen and oxygen atoms in total. The molecule has 3 aromatic carbocycles. The topological polar surface area (TPSA) is 105 Å². The molecule has 40 heavy (non-hydrogen) atoms. The number of fused-ring (bicyclic) bond motifs is 2. The number of ether oxygens (including phenoxy) is 3. The molecule has 2 aromatic heterocycles. The monoisotopic (exact) mass is 601 g/mol. The summed E-state index contributed by atoms with van der Waals surface area (Å²) in [5.74, 6) is 0.902. The minimum absolute atomic E-state index is 0.253. The van der Waals surface area contributed by atoms with Gasteiger partial charge < -0.3 is 18.6 Å². The molecule has 0 aliphatic rings. The zero-order valence-corrected chi connectivity index (χ0v) is 23.3. The second-order valence-electron chi connectivity index (χ2n) is 8.68. The zero-order valence-electron chi connectivity index (χ0n) is 21.7. The van der Waals surface area contributed by atoms with Crippen molar-refractivity contribution >= 4 is 50.0 Å². The van der Waals surface area contributed by atoms with E-state index in [0.29, 0.717) is 51.3 Å². The number of esters is 1. The van der Waals surface area contributed by atoms with Crippen LogP contribution < -0.4 is 15.0 Å². The first-order valence-electron chi connectivity index (χ1n) is 12.2. The van der Waals surface area contributed by atoms with Crippen molar-refractivity contribution in [3.8, 4) is 23.1 Å². The molecule has 202 valence electrons. The fourth-order valence-corrected chi connectivity index (χ4v) is 4.59. The lowest BCUT2D eigenvalue weighted by atomic mass is 10.1. The quantitative estimate of drug-likeness (QED) is 0.120. The van der Waals surface area contributed by atoms with Crippen LogP contribution in [0.5, 0.6) is 11.5 Å². The number of para-hydroxylation sites is 1. The van der Waals surface area contributed by atoms with E-state index >= 15 is 0 Å². The summed E-state index contributed by atoms with van der Waals surface area (Å²) in [5.41, 5.74) is 2.16. The summed E-state index contributed by atoms with van der Waals surface area (Å²) in [6.45, 7) is 3.53. The van der Waals surface area contributed by atoms with Crippen LogP contribution in [0, 0.1) is 0 Å². The average Bonchev–Trinajstić information content (AvgIpc) is 3.38. The molecule has 0 unspecified atom stereocenters. The van der Waals surface area contributed by atoms with Crippen LogP contribution in [0.1, 0.15) is 11.1 Å². The number of hydrogen-bond acceptors (Lipinski definition) is 8. The van der Waals surface area contributed by atoms with E-state index in [0.717, 1.165) is 9.86 Å². The molecule has 2 heterocycles. The molecule has 0 N–H and O–H groups in total.